The minimum Gasteiger partial charge on any atom is -0.398 e. The normalized spacial score (nSPS) is 14.7. The van der Waals surface area contributed by atoms with E-state index in [1.807, 2.05) is 12.1 Å². The number of nitrogens with zero attached hydrogens (tertiary/aromatic N) is 2. The lowest BCUT2D eigenvalue weighted by atomic mass is 10.1. The third-order valence-electron chi connectivity index (χ3n) is 4.00. The van der Waals surface area contributed by atoms with Gasteiger partial charge in [-0.15, -0.1) is 0 Å². The number of hydrogen-bond acceptors (Lipinski definition) is 4. The molecular formula is C16H14N4O. The Kier molecular flexibility index (Phi) is 2.39. The molecule has 4 rings (SSSR count). The number of aromatic nitrogens is 2. The summed E-state index contributed by atoms with van der Waals surface area (Å²) in [6, 6.07) is 9.06. The Hall–Kier alpha value is -2.69. The molecule has 5 nitrogen and oxygen atoms in total. The summed E-state index contributed by atoms with van der Waals surface area (Å²) >= 11 is 0. The van der Waals surface area contributed by atoms with E-state index < -0.39 is 0 Å². The molecule has 0 atom stereocenters. The van der Waals surface area contributed by atoms with Gasteiger partial charge in [0, 0.05) is 28.7 Å². The molecule has 2 aromatic heterocycles. The summed E-state index contributed by atoms with van der Waals surface area (Å²) in [5.41, 5.74) is 6.98. The van der Waals surface area contributed by atoms with Crippen LogP contribution < -0.4 is 16.7 Å². The van der Waals surface area contributed by atoms with Gasteiger partial charge in [0.2, 0.25) is 0 Å². The smallest absolute Gasteiger partial charge is 0.260 e. The van der Waals surface area contributed by atoms with Crippen molar-refractivity contribution in [3.05, 3.63) is 52.2 Å². The summed E-state index contributed by atoms with van der Waals surface area (Å²) in [5.74, 6) is 0. The van der Waals surface area contributed by atoms with Gasteiger partial charge in [-0.3, -0.25) is 14.8 Å². The molecule has 104 valence electrons. The quantitative estimate of drug-likeness (QED) is 0.713. The van der Waals surface area contributed by atoms with Crippen molar-refractivity contribution in [3.8, 4) is 0 Å². The molecule has 1 fully saturated rings. The molecule has 0 amide bonds. The molecule has 0 bridgehead atoms. The number of hydrogen-bond donors (Lipinski definition) is 2. The molecule has 3 aromatic rings. The lowest BCUT2D eigenvalue weighted by Crippen LogP contribution is -2.17. The number of anilines is 1. The van der Waals surface area contributed by atoms with Crippen molar-refractivity contribution in [2.24, 2.45) is 0 Å². The number of nitrogens with one attached hydrogen (secondary N) is 1. The van der Waals surface area contributed by atoms with Crippen LogP contribution in [0.25, 0.3) is 21.8 Å². The molecule has 1 aliphatic rings. The Balaban J connectivity index is 2.43. The summed E-state index contributed by atoms with van der Waals surface area (Å²) < 4.78 is 1.71. The van der Waals surface area contributed by atoms with Gasteiger partial charge in [0.25, 0.3) is 5.56 Å². The predicted octanol–water partition coefficient (Wildman–Crippen LogP) is 1.95. The predicted molar refractivity (Wildman–Crippen MR) is 82.0 cm³/mol. The molecule has 0 saturated heterocycles. The van der Waals surface area contributed by atoms with Crippen LogP contribution >= 0.6 is 0 Å². The Bertz CT molecular complexity index is 1000. The molecule has 2 heterocycles. The second kappa shape index (κ2) is 4.15. The second-order valence-electron chi connectivity index (χ2n) is 5.43. The number of fused-ring (bicyclic) bond motifs is 2. The zero-order valence-electron chi connectivity index (χ0n) is 11.3. The molecule has 0 radical (unpaired) electrons. The number of pyridine rings is 1. The van der Waals surface area contributed by atoms with E-state index in [-0.39, 0.29) is 17.0 Å². The minimum atomic E-state index is -0.0882. The maximum Gasteiger partial charge on any atom is 0.260 e. The van der Waals surface area contributed by atoms with Gasteiger partial charge in [-0.25, -0.2) is 4.98 Å². The first-order chi connectivity index (χ1) is 10.2. The average molecular weight is 278 g/mol. The third kappa shape index (κ3) is 1.67. The van der Waals surface area contributed by atoms with Crippen molar-refractivity contribution >= 4 is 27.5 Å². The highest BCUT2D eigenvalue weighted by Crippen LogP contribution is 2.35. The fraction of sp³-hybridized carbons (Fsp3) is 0.188. The topological polar surface area (TPSA) is 84.8 Å². The molecule has 21 heavy (non-hydrogen) atoms. The molecule has 1 aliphatic carbocycles. The fourth-order valence-electron chi connectivity index (χ4n) is 2.82. The van der Waals surface area contributed by atoms with Gasteiger partial charge < -0.3 is 5.73 Å². The molecular weight excluding hydrogens is 264 g/mol. The standard InChI is InChI=1S/C16H14N4O/c17-12-7-8-19-15-13(12)14(18)10-3-1-2-4-11(10)16(21)20(15)9-5-6-9/h1-4,7-9,18H,5-6H2,(H2,17,19). The second-order valence-corrected chi connectivity index (χ2v) is 5.43. The minimum absolute atomic E-state index is 0.0882. The fourth-order valence-corrected chi connectivity index (χ4v) is 2.82. The van der Waals surface area contributed by atoms with Crippen LogP contribution in [-0.2, 0) is 0 Å². The lowest BCUT2D eigenvalue weighted by Gasteiger charge is -2.05. The van der Waals surface area contributed by atoms with E-state index >= 15 is 0 Å². The van der Waals surface area contributed by atoms with E-state index in [0.717, 1.165) is 12.8 Å². The molecule has 0 unspecified atom stereocenters. The van der Waals surface area contributed by atoms with Crippen LogP contribution in [0.3, 0.4) is 0 Å². The third-order valence-corrected chi connectivity index (χ3v) is 4.00. The Morgan fingerprint density at radius 3 is 2.62 bits per heavy atom. The van der Waals surface area contributed by atoms with Crippen LogP contribution in [0.4, 0.5) is 5.69 Å². The Morgan fingerprint density at radius 2 is 1.90 bits per heavy atom. The summed E-state index contributed by atoms with van der Waals surface area (Å²) in [6.07, 6.45) is 3.54. The van der Waals surface area contributed by atoms with E-state index in [0.29, 0.717) is 27.5 Å². The monoisotopic (exact) mass is 278 g/mol. The largest absolute Gasteiger partial charge is 0.398 e. The number of nitrogen functional groups attached to an aromatic ring is 1. The van der Waals surface area contributed by atoms with Crippen LogP contribution in [0.1, 0.15) is 18.9 Å². The zero-order valence-corrected chi connectivity index (χ0v) is 11.3. The molecule has 0 spiro atoms. The van der Waals surface area contributed by atoms with E-state index in [2.05, 4.69) is 4.98 Å². The summed E-state index contributed by atoms with van der Waals surface area (Å²) in [6.45, 7) is 0. The van der Waals surface area contributed by atoms with E-state index in [4.69, 9.17) is 11.1 Å². The van der Waals surface area contributed by atoms with Crippen molar-refractivity contribution in [1.29, 1.82) is 5.41 Å². The molecule has 1 saturated carbocycles. The Labute approximate surface area is 120 Å². The van der Waals surface area contributed by atoms with Gasteiger partial charge in [0.15, 0.2) is 0 Å². The summed E-state index contributed by atoms with van der Waals surface area (Å²) in [4.78, 5) is 17.2. The maximum absolute atomic E-state index is 12.9. The van der Waals surface area contributed by atoms with Crippen molar-refractivity contribution < 1.29 is 0 Å². The number of rotatable bonds is 1. The zero-order chi connectivity index (χ0) is 14.6. The van der Waals surface area contributed by atoms with E-state index in [1.54, 1.807) is 29.0 Å². The van der Waals surface area contributed by atoms with Gasteiger partial charge in [0.1, 0.15) is 5.65 Å². The van der Waals surface area contributed by atoms with Gasteiger partial charge in [0.05, 0.1) is 10.7 Å². The maximum atomic E-state index is 12.9. The highest BCUT2D eigenvalue weighted by atomic mass is 16.1. The first-order valence-electron chi connectivity index (χ1n) is 6.95. The van der Waals surface area contributed by atoms with Crippen LogP contribution in [0, 0.1) is 5.41 Å². The molecule has 5 heteroatoms. The van der Waals surface area contributed by atoms with Crippen LogP contribution in [0.2, 0.25) is 0 Å². The SMILES string of the molecule is N=c1c2ccccc2c(=O)n(C2CC2)c2nccc(N)c12. The van der Waals surface area contributed by atoms with Crippen molar-refractivity contribution in [2.45, 2.75) is 18.9 Å². The van der Waals surface area contributed by atoms with Crippen molar-refractivity contribution in [1.82, 2.24) is 9.55 Å². The molecule has 3 N–H and O–H groups in total. The van der Waals surface area contributed by atoms with Crippen molar-refractivity contribution in [2.75, 3.05) is 5.73 Å². The first-order valence-corrected chi connectivity index (χ1v) is 6.95. The van der Waals surface area contributed by atoms with Gasteiger partial charge >= 0.3 is 0 Å². The van der Waals surface area contributed by atoms with Crippen LogP contribution in [0.15, 0.2) is 41.3 Å². The van der Waals surface area contributed by atoms with Gasteiger partial charge in [-0.1, -0.05) is 18.2 Å². The van der Waals surface area contributed by atoms with E-state index in [9.17, 15) is 4.79 Å². The highest BCUT2D eigenvalue weighted by molar-refractivity contribution is 5.94. The van der Waals surface area contributed by atoms with Gasteiger partial charge in [-0.05, 0) is 25.0 Å². The summed E-state index contributed by atoms with van der Waals surface area (Å²) in [5, 5.41) is 10.5. The molecule has 0 aliphatic heterocycles. The number of nitrogens with two attached hydrogens (primary N) is 1. The highest BCUT2D eigenvalue weighted by Gasteiger charge is 2.27. The Morgan fingerprint density at radius 1 is 1.19 bits per heavy atom. The lowest BCUT2D eigenvalue weighted by molar-refractivity contribution is 0.738. The average Bonchev–Trinajstić information content (AvgIpc) is 3.31. The van der Waals surface area contributed by atoms with Crippen LogP contribution in [0.5, 0.6) is 0 Å². The van der Waals surface area contributed by atoms with E-state index in [1.165, 1.54) is 0 Å². The van der Waals surface area contributed by atoms with Gasteiger partial charge in [-0.2, -0.15) is 0 Å². The van der Waals surface area contributed by atoms with Crippen molar-refractivity contribution in [3.63, 3.8) is 0 Å². The first kappa shape index (κ1) is 12.1. The van der Waals surface area contributed by atoms with Crippen LogP contribution in [-0.4, -0.2) is 9.55 Å². The number of benzene rings is 1. The molecule has 1 aromatic carbocycles. The summed E-state index contributed by atoms with van der Waals surface area (Å²) in [7, 11) is 0.